The SMILES string of the molecule is O=C(Nc1ccc2c(c1)C(=Cc1ccc[nH]1)C=N2)C(F)(F)F. The lowest BCUT2D eigenvalue weighted by molar-refractivity contribution is -0.167. The van der Waals surface area contributed by atoms with E-state index in [1.165, 1.54) is 12.1 Å². The van der Waals surface area contributed by atoms with E-state index in [9.17, 15) is 18.0 Å². The van der Waals surface area contributed by atoms with Crippen molar-refractivity contribution in [2.45, 2.75) is 6.18 Å². The second-order valence-electron chi connectivity index (χ2n) is 4.67. The molecule has 0 spiro atoms. The van der Waals surface area contributed by atoms with E-state index in [1.807, 2.05) is 23.5 Å². The molecule has 22 heavy (non-hydrogen) atoms. The number of alkyl halides is 3. The van der Waals surface area contributed by atoms with Crippen LogP contribution < -0.4 is 5.32 Å². The molecule has 0 saturated heterocycles. The van der Waals surface area contributed by atoms with E-state index < -0.39 is 12.1 Å². The molecule has 0 aliphatic carbocycles. The number of hydrogen-bond donors (Lipinski definition) is 2. The molecule has 0 fully saturated rings. The third kappa shape index (κ3) is 2.78. The molecule has 4 nitrogen and oxygen atoms in total. The van der Waals surface area contributed by atoms with Crippen LogP contribution in [0.2, 0.25) is 0 Å². The maximum Gasteiger partial charge on any atom is 0.471 e. The largest absolute Gasteiger partial charge is 0.471 e. The van der Waals surface area contributed by atoms with Crippen molar-refractivity contribution in [1.29, 1.82) is 0 Å². The van der Waals surface area contributed by atoms with Gasteiger partial charge in [0.2, 0.25) is 0 Å². The Bertz CT molecular complexity index is 774. The number of fused-ring (bicyclic) bond motifs is 1. The molecule has 1 aliphatic rings. The minimum absolute atomic E-state index is 0.0731. The van der Waals surface area contributed by atoms with Gasteiger partial charge >= 0.3 is 12.1 Å². The highest BCUT2D eigenvalue weighted by atomic mass is 19.4. The highest BCUT2D eigenvalue weighted by Gasteiger charge is 2.38. The van der Waals surface area contributed by atoms with E-state index in [2.05, 4.69) is 9.98 Å². The van der Waals surface area contributed by atoms with Gasteiger partial charge in [0, 0.05) is 34.9 Å². The first-order valence-corrected chi connectivity index (χ1v) is 6.35. The smallest absolute Gasteiger partial charge is 0.362 e. The quantitative estimate of drug-likeness (QED) is 0.871. The van der Waals surface area contributed by atoms with Crippen LogP contribution in [0.15, 0.2) is 41.5 Å². The summed E-state index contributed by atoms with van der Waals surface area (Å²) in [7, 11) is 0. The average molecular weight is 305 g/mol. The van der Waals surface area contributed by atoms with Crippen molar-refractivity contribution in [3.63, 3.8) is 0 Å². The van der Waals surface area contributed by atoms with Crippen LogP contribution in [-0.4, -0.2) is 23.3 Å². The zero-order valence-electron chi connectivity index (χ0n) is 11.1. The van der Waals surface area contributed by atoms with Crippen LogP contribution >= 0.6 is 0 Å². The lowest BCUT2D eigenvalue weighted by Crippen LogP contribution is -2.29. The molecule has 0 saturated carbocycles. The van der Waals surface area contributed by atoms with E-state index in [1.54, 1.807) is 18.5 Å². The number of hydrogen-bond acceptors (Lipinski definition) is 2. The molecule has 1 aromatic heterocycles. The minimum atomic E-state index is -4.92. The number of H-pyrrole nitrogens is 1. The Morgan fingerprint density at radius 2 is 2.09 bits per heavy atom. The second kappa shape index (κ2) is 5.18. The van der Waals surface area contributed by atoms with Gasteiger partial charge < -0.3 is 10.3 Å². The zero-order chi connectivity index (χ0) is 15.7. The molecule has 2 aromatic rings. The van der Waals surface area contributed by atoms with E-state index in [4.69, 9.17) is 0 Å². The number of halogens is 3. The van der Waals surface area contributed by atoms with Crippen LogP contribution in [-0.2, 0) is 4.79 Å². The summed E-state index contributed by atoms with van der Waals surface area (Å²) in [5, 5.41) is 1.84. The number of rotatable bonds is 2. The van der Waals surface area contributed by atoms with E-state index >= 15 is 0 Å². The Balaban J connectivity index is 1.89. The van der Waals surface area contributed by atoms with Crippen LogP contribution in [0.4, 0.5) is 24.5 Å². The third-order valence-electron chi connectivity index (χ3n) is 3.10. The van der Waals surface area contributed by atoms with E-state index in [-0.39, 0.29) is 5.69 Å². The van der Waals surface area contributed by atoms with Crippen LogP contribution in [0.5, 0.6) is 0 Å². The van der Waals surface area contributed by atoms with Crippen molar-refractivity contribution in [2.24, 2.45) is 4.99 Å². The molecular weight excluding hydrogens is 295 g/mol. The van der Waals surface area contributed by atoms with Crippen molar-refractivity contribution in [2.75, 3.05) is 5.32 Å². The van der Waals surface area contributed by atoms with Gasteiger partial charge in [-0.05, 0) is 36.4 Å². The number of nitrogens with one attached hydrogen (secondary N) is 2. The Morgan fingerprint density at radius 1 is 1.27 bits per heavy atom. The van der Waals surface area contributed by atoms with Crippen molar-refractivity contribution < 1.29 is 18.0 Å². The highest BCUT2D eigenvalue weighted by molar-refractivity contribution is 6.21. The summed E-state index contributed by atoms with van der Waals surface area (Å²) in [6.07, 6.45) is 0.295. The van der Waals surface area contributed by atoms with Gasteiger partial charge in [-0.1, -0.05) is 0 Å². The molecule has 2 N–H and O–H groups in total. The molecule has 7 heteroatoms. The number of aromatic amines is 1. The van der Waals surface area contributed by atoms with Gasteiger partial charge in [0.1, 0.15) is 0 Å². The number of allylic oxidation sites excluding steroid dienone is 1. The van der Waals surface area contributed by atoms with Crippen LogP contribution in [0.3, 0.4) is 0 Å². The molecule has 0 radical (unpaired) electrons. The first-order valence-electron chi connectivity index (χ1n) is 6.35. The van der Waals surface area contributed by atoms with Crippen LogP contribution in [0, 0.1) is 0 Å². The topological polar surface area (TPSA) is 57.2 Å². The summed E-state index contributed by atoms with van der Waals surface area (Å²) >= 11 is 0. The van der Waals surface area contributed by atoms with E-state index in [0.29, 0.717) is 11.3 Å². The fraction of sp³-hybridized carbons (Fsp3) is 0.0667. The molecule has 0 atom stereocenters. The standard InChI is InChI=1S/C15H10F3N3O/c16-15(17,18)14(22)21-11-3-4-13-12(7-11)9(8-20-13)6-10-2-1-5-19-10/h1-8,19H,(H,21,22). The summed E-state index contributed by atoms with van der Waals surface area (Å²) < 4.78 is 36.9. The van der Waals surface area contributed by atoms with Gasteiger partial charge in [0.25, 0.3) is 0 Å². The molecule has 0 unspecified atom stereocenters. The Morgan fingerprint density at radius 3 is 2.77 bits per heavy atom. The second-order valence-corrected chi connectivity index (χ2v) is 4.67. The molecule has 0 bridgehead atoms. The normalized spacial score (nSPS) is 15.1. The minimum Gasteiger partial charge on any atom is -0.362 e. The summed E-state index contributed by atoms with van der Waals surface area (Å²) in [5.74, 6) is -2.00. The van der Waals surface area contributed by atoms with Gasteiger partial charge in [-0.2, -0.15) is 13.2 Å². The number of nitrogens with zero attached hydrogens (tertiary/aromatic N) is 1. The van der Waals surface area contributed by atoms with Gasteiger partial charge in [-0.25, -0.2) is 0 Å². The molecule has 1 aromatic carbocycles. The monoisotopic (exact) mass is 305 g/mol. The van der Waals surface area contributed by atoms with Crippen molar-refractivity contribution in [3.05, 3.63) is 47.8 Å². The lowest BCUT2D eigenvalue weighted by Gasteiger charge is -2.09. The maximum absolute atomic E-state index is 12.3. The summed E-state index contributed by atoms with van der Waals surface area (Å²) in [6.45, 7) is 0. The molecule has 2 heterocycles. The van der Waals surface area contributed by atoms with Crippen molar-refractivity contribution >= 4 is 35.1 Å². The summed E-state index contributed by atoms with van der Waals surface area (Å²) in [5.41, 5.74) is 2.97. The number of amides is 1. The molecule has 1 amide bonds. The van der Waals surface area contributed by atoms with Gasteiger partial charge in [0.05, 0.1) is 5.69 Å². The number of carbonyl (C=O) groups is 1. The molecule has 112 valence electrons. The number of anilines is 1. The van der Waals surface area contributed by atoms with Gasteiger partial charge in [0.15, 0.2) is 0 Å². The highest BCUT2D eigenvalue weighted by Crippen LogP contribution is 2.34. The average Bonchev–Trinajstić information content (AvgIpc) is 3.09. The van der Waals surface area contributed by atoms with Gasteiger partial charge in [-0.15, -0.1) is 0 Å². The first-order chi connectivity index (χ1) is 10.4. The fourth-order valence-corrected chi connectivity index (χ4v) is 2.08. The van der Waals surface area contributed by atoms with Gasteiger partial charge in [-0.3, -0.25) is 9.79 Å². The maximum atomic E-state index is 12.3. The predicted octanol–water partition coefficient (Wildman–Crippen LogP) is 3.77. The van der Waals surface area contributed by atoms with Crippen LogP contribution in [0.25, 0.3) is 11.6 Å². The summed E-state index contributed by atoms with van der Waals surface area (Å²) in [6, 6.07) is 8.11. The Hall–Kier alpha value is -2.83. The van der Waals surface area contributed by atoms with E-state index in [0.717, 1.165) is 11.3 Å². The number of benzene rings is 1. The summed E-state index contributed by atoms with van der Waals surface area (Å²) in [4.78, 5) is 18.2. The predicted molar refractivity (Wildman–Crippen MR) is 77.9 cm³/mol. The third-order valence-corrected chi connectivity index (χ3v) is 3.10. The number of aliphatic imine (C=N–C) groups is 1. The molecule has 1 aliphatic heterocycles. The number of aromatic nitrogens is 1. The molecular formula is C15H10F3N3O. The van der Waals surface area contributed by atoms with Crippen LogP contribution in [0.1, 0.15) is 11.3 Å². The Labute approximate surface area is 123 Å². The fourth-order valence-electron chi connectivity index (χ4n) is 2.08. The molecule has 3 rings (SSSR count). The van der Waals surface area contributed by atoms with Crippen molar-refractivity contribution in [1.82, 2.24) is 4.98 Å². The lowest BCUT2D eigenvalue weighted by atomic mass is 10.1. The zero-order valence-corrected chi connectivity index (χ0v) is 11.1. The Kier molecular flexibility index (Phi) is 3.32. The first kappa shape index (κ1) is 14.1. The number of carbonyl (C=O) groups excluding carboxylic acids is 1. The van der Waals surface area contributed by atoms with Crippen molar-refractivity contribution in [3.8, 4) is 0 Å².